The number of oxazole rings is 1. The van der Waals surface area contributed by atoms with E-state index in [1.54, 1.807) is 6.92 Å². The van der Waals surface area contributed by atoms with Crippen LogP contribution in [-0.4, -0.2) is 34.9 Å². The minimum absolute atomic E-state index is 0.0390. The molecule has 3 rings (SSSR count). The van der Waals surface area contributed by atoms with Gasteiger partial charge in [-0.3, -0.25) is 9.69 Å². The third kappa shape index (κ3) is 3.62. The molecule has 2 aromatic rings. The van der Waals surface area contributed by atoms with Gasteiger partial charge in [0.2, 0.25) is 11.8 Å². The summed E-state index contributed by atoms with van der Waals surface area (Å²) in [6.45, 7) is 5.53. The second-order valence-corrected chi connectivity index (χ2v) is 6.05. The van der Waals surface area contributed by atoms with Crippen molar-refractivity contribution < 1.29 is 18.0 Å². The minimum Gasteiger partial charge on any atom is -0.441 e. The van der Waals surface area contributed by atoms with Gasteiger partial charge in [-0.2, -0.15) is 0 Å². The molecule has 1 aliphatic rings. The van der Waals surface area contributed by atoms with Crippen LogP contribution in [0.4, 0.5) is 8.78 Å². The molecule has 24 heavy (non-hydrogen) atoms. The first-order valence-corrected chi connectivity index (χ1v) is 7.86. The predicted molar refractivity (Wildman–Crippen MR) is 84.1 cm³/mol. The number of amides is 1. The lowest BCUT2D eigenvalue weighted by atomic mass is 10.2. The van der Waals surface area contributed by atoms with Gasteiger partial charge in [0.15, 0.2) is 0 Å². The number of aryl methyl sites for hydroxylation is 1. The largest absolute Gasteiger partial charge is 0.441 e. The number of carbonyl (C=O) groups excluding carboxylic acids is 1. The average molecular weight is 335 g/mol. The molecule has 1 fully saturated rings. The number of rotatable bonds is 3. The standard InChI is InChI=1S/C17H19F2N3O2/c1-10-8-20-16(23)3-4-22(10)9-15-11(2)24-17(21-15)12-5-13(18)7-14(19)6-12/h5-7,10H,3-4,8-9H2,1-2H3,(H,20,23). The SMILES string of the molecule is Cc1oc(-c2cc(F)cc(F)c2)nc1CN1CCC(=O)NCC1C. The van der Waals surface area contributed by atoms with Crippen molar-refractivity contribution in [1.82, 2.24) is 15.2 Å². The molecule has 1 aliphatic heterocycles. The van der Waals surface area contributed by atoms with Crippen LogP contribution in [0.3, 0.4) is 0 Å². The molecule has 2 heterocycles. The van der Waals surface area contributed by atoms with Crippen molar-refractivity contribution >= 4 is 5.91 Å². The van der Waals surface area contributed by atoms with E-state index in [-0.39, 0.29) is 23.4 Å². The van der Waals surface area contributed by atoms with Gasteiger partial charge < -0.3 is 9.73 Å². The van der Waals surface area contributed by atoms with Crippen molar-refractivity contribution in [2.45, 2.75) is 32.9 Å². The second kappa shape index (κ2) is 6.68. The minimum atomic E-state index is -0.673. The van der Waals surface area contributed by atoms with Crippen LogP contribution in [0.1, 0.15) is 24.8 Å². The summed E-state index contributed by atoms with van der Waals surface area (Å²) >= 11 is 0. The molecule has 1 amide bonds. The van der Waals surface area contributed by atoms with Crippen LogP contribution in [0.5, 0.6) is 0 Å². The lowest BCUT2D eigenvalue weighted by Crippen LogP contribution is -2.37. The van der Waals surface area contributed by atoms with E-state index in [2.05, 4.69) is 15.2 Å². The van der Waals surface area contributed by atoms with Crippen LogP contribution < -0.4 is 5.32 Å². The van der Waals surface area contributed by atoms with Gasteiger partial charge in [0, 0.05) is 43.7 Å². The number of hydrogen-bond donors (Lipinski definition) is 1. The zero-order chi connectivity index (χ0) is 17.3. The Kier molecular flexibility index (Phi) is 4.62. The summed E-state index contributed by atoms with van der Waals surface area (Å²) in [6, 6.07) is 3.36. The molecule has 1 saturated heterocycles. The number of nitrogens with zero attached hydrogens (tertiary/aromatic N) is 2. The van der Waals surface area contributed by atoms with Gasteiger partial charge in [0.05, 0.1) is 5.69 Å². The Balaban J connectivity index is 1.82. The maximum Gasteiger partial charge on any atom is 0.226 e. The molecule has 1 aromatic carbocycles. The highest BCUT2D eigenvalue weighted by atomic mass is 19.1. The average Bonchev–Trinajstić information content (AvgIpc) is 2.80. The summed E-state index contributed by atoms with van der Waals surface area (Å²) < 4.78 is 32.3. The van der Waals surface area contributed by atoms with E-state index < -0.39 is 11.6 Å². The molecule has 0 spiro atoms. The number of carbonyl (C=O) groups is 1. The van der Waals surface area contributed by atoms with Crippen molar-refractivity contribution in [1.29, 1.82) is 0 Å². The van der Waals surface area contributed by atoms with Crippen LogP contribution >= 0.6 is 0 Å². The van der Waals surface area contributed by atoms with Crippen LogP contribution in [0.2, 0.25) is 0 Å². The van der Waals surface area contributed by atoms with Crippen molar-refractivity contribution in [2.24, 2.45) is 0 Å². The zero-order valence-electron chi connectivity index (χ0n) is 13.6. The summed E-state index contributed by atoms with van der Waals surface area (Å²) in [7, 11) is 0. The highest BCUT2D eigenvalue weighted by Gasteiger charge is 2.23. The fourth-order valence-corrected chi connectivity index (χ4v) is 2.75. The Bertz CT molecular complexity index is 740. The number of halogens is 2. The molecule has 1 atom stereocenters. The van der Waals surface area contributed by atoms with Gasteiger partial charge in [-0.1, -0.05) is 0 Å². The number of nitrogens with one attached hydrogen (secondary N) is 1. The van der Waals surface area contributed by atoms with Gasteiger partial charge in [-0.15, -0.1) is 0 Å². The second-order valence-electron chi connectivity index (χ2n) is 6.05. The van der Waals surface area contributed by atoms with Crippen LogP contribution in [0.25, 0.3) is 11.5 Å². The normalized spacial score (nSPS) is 19.2. The van der Waals surface area contributed by atoms with Gasteiger partial charge >= 0.3 is 0 Å². The van der Waals surface area contributed by atoms with Gasteiger partial charge in [0.1, 0.15) is 17.4 Å². The first kappa shape index (κ1) is 16.6. The van der Waals surface area contributed by atoms with E-state index in [4.69, 9.17) is 4.42 Å². The molecular formula is C17H19F2N3O2. The molecule has 5 nitrogen and oxygen atoms in total. The molecule has 7 heteroatoms. The Morgan fingerprint density at radius 2 is 2.04 bits per heavy atom. The molecule has 0 aliphatic carbocycles. The zero-order valence-corrected chi connectivity index (χ0v) is 13.6. The number of aromatic nitrogens is 1. The predicted octanol–water partition coefficient (Wildman–Crippen LogP) is 2.64. The molecule has 0 radical (unpaired) electrons. The number of benzene rings is 1. The fraction of sp³-hybridized carbons (Fsp3) is 0.412. The summed E-state index contributed by atoms with van der Waals surface area (Å²) in [4.78, 5) is 18.0. The highest BCUT2D eigenvalue weighted by Crippen LogP contribution is 2.24. The van der Waals surface area contributed by atoms with E-state index >= 15 is 0 Å². The molecule has 0 saturated carbocycles. The molecule has 1 aromatic heterocycles. The molecular weight excluding hydrogens is 316 g/mol. The smallest absolute Gasteiger partial charge is 0.226 e. The summed E-state index contributed by atoms with van der Waals surface area (Å²) in [6.07, 6.45) is 0.434. The van der Waals surface area contributed by atoms with E-state index in [1.807, 2.05) is 6.92 Å². The van der Waals surface area contributed by atoms with Crippen LogP contribution in [-0.2, 0) is 11.3 Å². The first-order chi connectivity index (χ1) is 11.4. The molecule has 128 valence electrons. The van der Waals surface area contributed by atoms with Gasteiger partial charge in [-0.05, 0) is 26.0 Å². The van der Waals surface area contributed by atoms with Crippen molar-refractivity contribution in [2.75, 3.05) is 13.1 Å². The summed E-state index contributed by atoms with van der Waals surface area (Å²) in [5.74, 6) is -0.513. The summed E-state index contributed by atoms with van der Waals surface area (Å²) in [5.41, 5.74) is 0.971. The van der Waals surface area contributed by atoms with E-state index in [1.165, 1.54) is 12.1 Å². The fourth-order valence-electron chi connectivity index (χ4n) is 2.75. The van der Waals surface area contributed by atoms with E-state index in [9.17, 15) is 13.6 Å². The Hall–Kier alpha value is -2.28. The number of hydrogen-bond acceptors (Lipinski definition) is 4. The van der Waals surface area contributed by atoms with E-state index in [0.717, 1.165) is 6.07 Å². The van der Waals surface area contributed by atoms with Crippen molar-refractivity contribution in [3.8, 4) is 11.5 Å². The Morgan fingerprint density at radius 1 is 1.33 bits per heavy atom. The monoisotopic (exact) mass is 335 g/mol. The quantitative estimate of drug-likeness (QED) is 0.937. The van der Waals surface area contributed by atoms with Crippen LogP contribution in [0, 0.1) is 18.6 Å². The van der Waals surface area contributed by atoms with E-state index in [0.29, 0.717) is 37.5 Å². The molecule has 1 N–H and O–H groups in total. The summed E-state index contributed by atoms with van der Waals surface area (Å²) in [5, 5.41) is 2.86. The van der Waals surface area contributed by atoms with Crippen molar-refractivity contribution in [3.05, 3.63) is 41.3 Å². The van der Waals surface area contributed by atoms with Gasteiger partial charge in [0.25, 0.3) is 0 Å². The van der Waals surface area contributed by atoms with Gasteiger partial charge in [-0.25, -0.2) is 13.8 Å². The maximum atomic E-state index is 13.4. The topological polar surface area (TPSA) is 58.4 Å². The first-order valence-electron chi connectivity index (χ1n) is 7.86. The third-order valence-electron chi connectivity index (χ3n) is 4.20. The highest BCUT2D eigenvalue weighted by molar-refractivity contribution is 5.76. The maximum absolute atomic E-state index is 13.4. The van der Waals surface area contributed by atoms with Crippen molar-refractivity contribution in [3.63, 3.8) is 0 Å². The Morgan fingerprint density at radius 3 is 2.75 bits per heavy atom. The Labute approximate surface area is 138 Å². The third-order valence-corrected chi connectivity index (χ3v) is 4.20. The molecule has 0 bridgehead atoms. The molecule has 1 unspecified atom stereocenters. The van der Waals surface area contributed by atoms with Crippen LogP contribution in [0.15, 0.2) is 22.6 Å². The lowest BCUT2D eigenvalue weighted by molar-refractivity contribution is -0.120. The lowest BCUT2D eigenvalue weighted by Gasteiger charge is -2.25.